The molecule has 0 fully saturated rings. The molecule has 0 heterocycles. The van der Waals surface area contributed by atoms with Gasteiger partial charge in [0, 0.05) is 26.7 Å². The number of hydrogen-bond acceptors (Lipinski definition) is 7. The zero-order valence-electron chi connectivity index (χ0n) is 19.0. The van der Waals surface area contributed by atoms with Gasteiger partial charge in [-0.15, -0.1) is 0 Å². The summed E-state index contributed by atoms with van der Waals surface area (Å²) in [5, 5.41) is 15.5. The average Bonchev–Trinajstić information content (AvgIpc) is 2.83. The summed E-state index contributed by atoms with van der Waals surface area (Å²) in [6.45, 7) is 0.775. The number of aryl methyl sites for hydroxylation is 1. The Hall–Kier alpha value is -3.48. The largest absolute Gasteiger partial charge is 0.495 e. The first-order chi connectivity index (χ1) is 17.0. The van der Waals surface area contributed by atoms with Crippen LogP contribution < -0.4 is 14.5 Å². The summed E-state index contributed by atoms with van der Waals surface area (Å²) in [5.74, 6) is -0.653. The summed E-state index contributed by atoms with van der Waals surface area (Å²) in [7, 11) is -3.16. The van der Waals surface area contributed by atoms with Gasteiger partial charge in [0.1, 0.15) is 12.3 Å². The first-order valence-corrected chi connectivity index (χ1v) is 12.8. The van der Waals surface area contributed by atoms with E-state index in [1.54, 1.807) is 18.2 Å². The van der Waals surface area contributed by atoms with Gasteiger partial charge in [-0.25, -0.2) is 13.8 Å². The molecule has 0 aliphatic heterocycles. The standard InChI is InChI=1S/C23H20BrClN4O6S/c1-15-7-9-18(12-20(15)29(31)32)36(33,34)28(21-11-17(25)8-10-22(21)35-2)14-23(30)27-26-13-16-5-3-4-6-19(16)24/h3-13H,14H2,1-2H3,(H,27,30)/b26-13-. The molecule has 10 nitrogen and oxygen atoms in total. The number of nitro benzene ring substituents is 1. The molecule has 0 aromatic heterocycles. The number of benzene rings is 3. The monoisotopic (exact) mass is 594 g/mol. The van der Waals surface area contributed by atoms with Gasteiger partial charge in [0.15, 0.2) is 0 Å². The van der Waals surface area contributed by atoms with Crippen molar-refractivity contribution in [2.45, 2.75) is 11.8 Å². The maximum atomic E-state index is 13.7. The number of halogens is 2. The number of carbonyl (C=O) groups is 1. The molecule has 3 rings (SSSR count). The van der Waals surface area contributed by atoms with Gasteiger partial charge in [-0.1, -0.05) is 51.8 Å². The average molecular weight is 596 g/mol. The zero-order valence-corrected chi connectivity index (χ0v) is 22.2. The van der Waals surface area contributed by atoms with E-state index in [1.807, 2.05) is 6.07 Å². The second kappa shape index (κ2) is 11.5. The molecule has 3 aromatic rings. The number of hydrazone groups is 1. The SMILES string of the molecule is COc1ccc(Cl)cc1N(CC(=O)N/N=C\c1ccccc1Br)S(=O)(=O)c1ccc(C)c([N+](=O)[O-])c1. The number of nitrogens with one attached hydrogen (secondary N) is 1. The molecule has 0 atom stereocenters. The molecule has 0 bridgehead atoms. The van der Waals surface area contributed by atoms with E-state index in [1.165, 1.54) is 50.6 Å². The lowest BCUT2D eigenvalue weighted by Gasteiger charge is -2.25. The number of nitro groups is 1. The molecule has 188 valence electrons. The fraction of sp³-hybridized carbons (Fsp3) is 0.130. The maximum absolute atomic E-state index is 13.7. The van der Waals surface area contributed by atoms with Crippen LogP contribution in [0.3, 0.4) is 0 Å². The second-order valence-corrected chi connectivity index (χ2v) is 10.5. The molecule has 0 saturated heterocycles. The van der Waals surface area contributed by atoms with E-state index in [0.29, 0.717) is 5.56 Å². The predicted octanol–water partition coefficient (Wildman–Crippen LogP) is 4.67. The van der Waals surface area contributed by atoms with Crippen LogP contribution in [0, 0.1) is 17.0 Å². The van der Waals surface area contributed by atoms with Crippen molar-refractivity contribution in [2.24, 2.45) is 5.10 Å². The molecule has 0 spiro atoms. The van der Waals surface area contributed by atoms with Crippen LogP contribution in [0.5, 0.6) is 5.75 Å². The Bertz CT molecular complexity index is 1450. The van der Waals surface area contributed by atoms with Crippen molar-refractivity contribution >= 4 is 61.1 Å². The minimum absolute atomic E-state index is 0.0295. The van der Waals surface area contributed by atoms with Crippen LogP contribution in [-0.4, -0.2) is 39.1 Å². The minimum atomic E-state index is -4.49. The molecule has 0 unspecified atom stereocenters. The van der Waals surface area contributed by atoms with Gasteiger partial charge in [0.25, 0.3) is 21.6 Å². The molecule has 1 N–H and O–H groups in total. The summed E-state index contributed by atoms with van der Waals surface area (Å²) in [4.78, 5) is 23.1. The molecule has 0 saturated carbocycles. The third-order valence-corrected chi connectivity index (χ3v) is 7.67. The van der Waals surface area contributed by atoms with E-state index >= 15 is 0 Å². The van der Waals surface area contributed by atoms with Crippen molar-refractivity contribution < 1.29 is 22.9 Å². The van der Waals surface area contributed by atoms with Gasteiger partial charge in [0.05, 0.1) is 28.8 Å². The van der Waals surface area contributed by atoms with Gasteiger partial charge in [-0.05, 0) is 37.3 Å². The van der Waals surface area contributed by atoms with E-state index in [0.717, 1.165) is 14.8 Å². The molecule has 1 amide bonds. The number of ether oxygens (including phenoxy) is 1. The first-order valence-electron chi connectivity index (χ1n) is 10.2. The molecule has 3 aromatic carbocycles. The molecule has 13 heteroatoms. The van der Waals surface area contributed by atoms with Crippen LogP contribution in [0.2, 0.25) is 5.02 Å². The Labute approximate surface area is 220 Å². The van der Waals surface area contributed by atoms with Crippen molar-refractivity contribution in [2.75, 3.05) is 18.0 Å². The number of amides is 1. The topological polar surface area (TPSA) is 131 Å². The number of nitrogens with zero attached hydrogens (tertiary/aromatic N) is 3. The lowest BCUT2D eigenvalue weighted by atomic mass is 10.2. The lowest BCUT2D eigenvalue weighted by molar-refractivity contribution is -0.385. The number of sulfonamides is 1. The Balaban J connectivity index is 2.01. The quantitative estimate of drug-likeness (QED) is 0.217. The van der Waals surface area contributed by atoms with Gasteiger partial charge in [-0.2, -0.15) is 5.10 Å². The fourth-order valence-corrected chi connectivity index (χ4v) is 5.15. The van der Waals surface area contributed by atoms with Crippen molar-refractivity contribution in [3.8, 4) is 5.75 Å². The van der Waals surface area contributed by atoms with Crippen LogP contribution >= 0.6 is 27.5 Å². The van der Waals surface area contributed by atoms with Crippen LogP contribution in [0.25, 0.3) is 0 Å². The Morgan fingerprint density at radius 3 is 2.61 bits per heavy atom. The highest BCUT2D eigenvalue weighted by atomic mass is 79.9. The van der Waals surface area contributed by atoms with E-state index in [4.69, 9.17) is 16.3 Å². The van der Waals surface area contributed by atoms with Crippen molar-refractivity contribution in [3.05, 3.63) is 91.4 Å². The third kappa shape index (κ3) is 6.20. The Morgan fingerprint density at radius 1 is 1.22 bits per heavy atom. The zero-order chi connectivity index (χ0) is 26.5. The number of anilines is 1. The Kier molecular flexibility index (Phi) is 8.66. The molecule has 36 heavy (non-hydrogen) atoms. The van der Waals surface area contributed by atoms with Crippen LogP contribution in [0.1, 0.15) is 11.1 Å². The summed E-state index contributed by atoms with van der Waals surface area (Å²) < 4.78 is 34.1. The lowest BCUT2D eigenvalue weighted by Crippen LogP contribution is -2.39. The van der Waals surface area contributed by atoms with Gasteiger partial charge in [0.2, 0.25) is 0 Å². The molecule has 0 radical (unpaired) electrons. The van der Waals surface area contributed by atoms with Crippen LogP contribution in [0.4, 0.5) is 11.4 Å². The third-order valence-electron chi connectivity index (χ3n) is 4.96. The summed E-state index contributed by atoms with van der Waals surface area (Å²) in [6.07, 6.45) is 1.39. The Morgan fingerprint density at radius 2 is 1.94 bits per heavy atom. The van der Waals surface area contributed by atoms with Crippen LogP contribution in [0.15, 0.2) is 75.1 Å². The van der Waals surface area contributed by atoms with E-state index in [-0.39, 0.29) is 32.6 Å². The van der Waals surface area contributed by atoms with Crippen molar-refractivity contribution in [1.29, 1.82) is 0 Å². The highest BCUT2D eigenvalue weighted by molar-refractivity contribution is 9.10. The second-order valence-electron chi connectivity index (χ2n) is 7.35. The van der Waals surface area contributed by atoms with E-state index in [9.17, 15) is 23.3 Å². The first kappa shape index (κ1) is 27.1. The van der Waals surface area contributed by atoms with Gasteiger partial charge >= 0.3 is 0 Å². The van der Waals surface area contributed by atoms with Crippen molar-refractivity contribution in [3.63, 3.8) is 0 Å². The summed E-state index contributed by atoms with van der Waals surface area (Å²) in [5.41, 5.74) is 2.86. The highest BCUT2D eigenvalue weighted by Gasteiger charge is 2.31. The maximum Gasteiger partial charge on any atom is 0.273 e. The van der Waals surface area contributed by atoms with Gasteiger partial charge in [-0.3, -0.25) is 19.2 Å². The van der Waals surface area contributed by atoms with Crippen LogP contribution in [-0.2, 0) is 14.8 Å². The number of rotatable bonds is 9. The smallest absolute Gasteiger partial charge is 0.273 e. The fourth-order valence-electron chi connectivity index (χ4n) is 3.15. The molecular formula is C23H20BrClN4O6S. The highest BCUT2D eigenvalue weighted by Crippen LogP contribution is 2.35. The minimum Gasteiger partial charge on any atom is -0.495 e. The van der Waals surface area contributed by atoms with Crippen molar-refractivity contribution in [1.82, 2.24) is 5.43 Å². The summed E-state index contributed by atoms with van der Waals surface area (Å²) in [6, 6.07) is 14.9. The summed E-state index contributed by atoms with van der Waals surface area (Å²) >= 11 is 9.47. The number of hydrogen-bond donors (Lipinski definition) is 1. The predicted molar refractivity (Wildman–Crippen MR) is 140 cm³/mol. The van der Waals surface area contributed by atoms with Gasteiger partial charge < -0.3 is 4.74 Å². The number of methoxy groups -OCH3 is 1. The molecular weight excluding hydrogens is 576 g/mol. The normalized spacial score (nSPS) is 11.3. The molecule has 0 aliphatic carbocycles. The molecule has 0 aliphatic rings. The van der Waals surface area contributed by atoms with E-state index < -0.39 is 27.4 Å². The number of carbonyl (C=O) groups excluding carboxylic acids is 1. The van der Waals surface area contributed by atoms with E-state index in [2.05, 4.69) is 26.5 Å².